The number of aryl methyl sites for hydroxylation is 4. The van der Waals surface area contributed by atoms with Crippen molar-refractivity contribution in [3.8, 4) is 5.75 Å². The molecule has 0 bridgehead atoms. The van der Waals surface area contributed by atoms with Crippen LogP contribution in [0.25, 0.3) is 5.65 Å². The van der Waals surface area contributed by atoms with Gasteiger partial charge in [-0.05, 0) is 57.5 Å². The number of ether oxygens (including phenoxy) is 1. The van der Waals surface area contributed by atoms with Crippen LogP contribution in [0.15, 0.2) is 47.1 Å². The minimum absolute atomic E-state index is 0.000436. The second kappa shape index (κ2) is 9.54. The highest BCUT2D eigenvalue weighted by Crippen LogP contribution is 2.24. The number of piperazine rings is 1. The molecule has 1 saturated heterocycles. The molecule has 0 unspecified atom stereocenters. The number of fused-ring (bicyclic) bond motifs is 1. The lowest BCUT2D eigenvalue weighted by atomic mass is 10.1. The number of carbonyl (C=O) groups excluding carboxylic acids is 1. The molecule has 1 aliphatic rings. The summed E-state index contributed by atoms with van der Waals surface area (Å²) in [4.78, 5) is 22.4. The molecule has 8 nitrogen and oxygen atoms in total. The van der Waals surface area contributed by atoms with Crippen LogP contribution in [0.1, 0.15) is 44.3 Å². The fraction of sp³-hybridized carbons (Fsp3) is 0.370. The second-order valence-electron chi connectivity index (χ2n) is 9.23. The molecule has 1 aliphatic heterocycles. The van der Waals surface area contributed by atoms with Gasteiger partial charge in [-0.2, -0.15) is 0 Å². The van der Waals surface area contributed by atoms with Crippen molar-refractivity contribution >= 4 is 11.6 Å². The van der Waals surface area contributed by atoms with Crippen molar-refractivity contribution in [3.05, 3.63) is 82.1 Å². The zero-order valence-electron chi connectivity index (χ0n) is 20.7. The first kappa shape index (κ1) is 23.1. The molecule has 35 heavy (non-hydrogen) atoms. The average Bonchev–Trinajstić information content (AvgIpc) is 3.34. The molecule has 0 saturated carbocycles. The molecule has 0 atom stereocenters. The molecule has 1 amide bonds. The van der Waals surface area contributed by atoms with Crippen molar-refractivity contribution in [1.82, 2.24) is 24.3 Å². The van der Waals surface area contributed by atoms with Crippen molar-refractivity contribution in [2.45, 2.75) is 40.8 Å². The smallest absolute Gasteiger partial charge is 0.257 e. The average molecular weight is 474 g/mol. The van der Waals surface area contributed by atoms with Gasteiger partial charge in [-0.3, -0.25) is 9.69 Å². The number of amides is 1. The van der Waals surface area contributed by atoms with Crippen molar-refractivity contribution < 1.29 is 14.1 Å². The van der Waals surface area contributed by atoms with Gasteiger partial charge in [0.05, 0.1) is 28.2 Å². The highest BCUT2D eigenvalue weighted by atomic mass is 16.5. The zero-order valence-corrected chi connectivity index (χ0v) is 20.7. The molecule has 1 aromatic carbocycles. The first-order valence-corrected chi connectivity index (χ1v) is 12.0. The van der Waals surface area contributed by atoms with Crippen molar-refractivity contribution in [1.29, 1.82) is 0 Å². The van der Waals surface area contributed by atoms with E-state index in [4.69, 9.17) is 14.2 Å². The highest BCUT2D eigenvalue weighted by Gasteiger charge is 2.25. The maximum Gasteiger partial charge on any atom is 0.257 e. The summed E-state index contributed by atoms with van der Waals surface area (Å²) in [6, 6.07) is 11.7. The minimum Gasteiger partial charge on any atom is -0.488 e. The first-order valence-electron chi connectivity index (χ1n) is 12.0. The van der Waals surface area contributed by atoms with Crippen molar-refractivity contribution in [3.63, 3.8) is 0 Å². The molecule has 0 N–H and O–H groups in total. The molecular formula is C27H31N5O3. The summed E-state index contributed by atoms with van der Waals surface area (Å²) in [5, 5.41) is 3.98. The van der Waals surface area contributed by atoms with Crippen LogP contribution >= 0.6 is 0 Å². The van der Waals surface area contributed by atoms with Gasteiger partial charge >= 0.3 is 0 Å². The van der Waals surface area contributed by atoms with Gasteiger partial charge in [0, 0.05) is 38.9 Å². The third kappa shape index (κ3) is 4.66. The van der Waals surface area contributed by atoms with E-state index in [1.54, 1.807) is 0 Å². The molecule has 5 rings (SSSR count). The van der Waals surface area contributed by atoms with Crippen molar-refractivity contribution in [2.24, 2.45) is 0 Å². The number of pyridine rings is 1. The summed E-state index contributed by atoms with van der Waals surface area (Å²) in [6.45, 7) is 12.0. The van der Waals surface area contributed by atoms with E-state index in [1.807, 2.05) is 43.0 Å². The SMILES string of the molecule is Cc1ccn2c(CN3CCN(C(=O)c4ccccc4OCc4c(C)noc4C)CC3)c(C)nc2c1. The van der Waals surface area contributed by atoms with Gasteiger partial charge in [0.1, 0.15) is 23.8 Å². The predicted molar refractivity (Wildman–Crippen MR) is 133 cm³/mol. The van der Waals surface area contributed by atoms with Crippen LogP contribution in [0.4, 0.5) is 0 Å². The molecular weight excluding hydrogens is 442 g/mol. The third-order valence-corrected chi connectivity index (χ3v) is 6.78. The summed E-state index contributed by atoms with van der Waals surface area (Å²) in [5.41, 5.74) is 6.76. The van der Waals surface area contributed by atoms with Gasteiger partial charge in [-0.1, -0.05) is 17.3 Å². The number of nitrogens with zero attached hydrogens (tertiary/aromatic N) is 5. The predicted octanol–water partition coefficient (Wildman–Crippen LogP) is 4.09. The number of hydrogen-bond donors (Lipinski definition) is 0. The van der Waals surface area contributed by atoms with Gasteiger partial charge in [0.25, 0.3) is 5.91 Å². The quantitative estimate of drug-likeness (QED) is 0.420. The lowest BCUT2D eigenvalue weighted by molar-refractivity contribution is 0.0622. The normalized spacial score (nSPS) is 14.6. The van der Waals surface area contributed by atoms with E-state index < -0.39 is 0 Å². The third-order valence-electron chi connectivity index (χ3n) is 6.78. The van der Waals surface area contributed by atoms with Gasteiger partial charge in [-0.15, -0.1) is 0 Å². The molecule has 0 aliphatic carbocycles. The summed E-state index contributed by atoms with van der Waals surface area (Å²) < 4.78 is 13.4. The van der Waals surface area contributed by atoms with E-state index in [0.717, 1.165) is 48.0 Å². The van der Waals surface area contributed by atoms with Crippen LogP contribution < -0.4 is 4.74 Å². The fourth-order valence-electron chi connectivity index (χ4n) is 4.62. The largest absolute Gasteiger partial charge is 0.488 e. The van der Waals surface area contributed by atoms with E-state index in [9.17, 15) is 4.79 Å². The van der Waals surface area contributed by atoms with E-state index in [-0.39, 0.29) is 5.91 Å². The summed E-state index contributed by atoms with van der Waals surface area (Å²) in [5.74, 6) is 1.32. The molecule has 0 spiro atoms. The van der Waals surface area contributed by atoms with Crippen LogP contribution in [0, 0.1) is 27.7 Å². The number of para-hydroxylation sites is 1. The molecule has 1 fully saturated rings. The van der Waals surface area contributed by atoms with Crippen LogP contribution in [-0.2, 0) is 13.2 Å². The Bertz CT molecular complexity index is 1350. The fourth-order valence-corrected chi connectivity index (χ4v) is 4.62. The van der Waals surface area contributed by atoms with Gasteiger partial charge in [0.2, 0.25) is 0 Å². The molecule has 8 heteroatoms. The number of benzene rings is 1. The zero-order chi connectivity index (χ0) is 24.5. The Hall–Kier alpha value is -3.65. The molecule has 0 radical (unpaired) electrons. The summed E-state index contributed by atoms with van der Waals surface area (Å²) in [6.07, 6.45) is 2.10. The Balaban J connectivity index is 1.23. The number of carbonyl (C=O) groups is 1. The number of imidazole rings is 1. The maximum atomic E-state index is 13.4. The number of aromatic nitrogens is 3. The van der Waals surface area contributed by atoms with Crippen LogP contribution in [0.3, 0.4) is 0 Å². The highest BCUT2D eigenvalue weighted by molar-refractivity contribution is 5.97. The standard InChI is InChI=1S/C27H31N5O3/c1-18-9-10-32-24(20(3)28-26(32)15-18)16-30-11-13-31(14-12-30)27(33)22-7-5-6-8-25(22)34-17-23-19(2)29-35-21(23)4/h5-10,15H,11-14,16-17H2,1-4H3. The number of hydrogen-bond acceptors (Lipinski definition) is 6. The minimum atomic E-state index is 0.000436. The summed E-state index contributed by atoms with van der Waals surface area (Å²) in [7, 11) is 0. The molecule has 3 aromatic heterocycles. The Morgan fingerprint density at radius 3 is 2.54 bits per heavy atom. The summed E-state index contributed by atoms with van der Waals surface area (Å²) >= 11 is 0. The first-order chi connectivity index (χ1) is 16.9. The van der Waals surface area contributed by atoms with E-state index in [2.05, 4.69) is 46.6 Å². The van der Waals surface area contributed by atoms with E-state index in [0.29, 0.717) is 31.0 Å². The van der Waals surface area contributed by atoms with Crippen LogP contribution in [-0.4, -0.2) is 56.4 Å². The van der Waals surface area contributed by atoms with Gasteiger partial charge in [-0.25, -0.2) is 4.98 Å². The Morgan fingerprint density at radius 1 is 1.03 bits per heavy atom. The van der Waals surface area contributed by atoms with E-state index >= 15 is 0 Å². The lowest BCUT2D eigenvalue weighted by Crippen LogP contribution is -2.48. The molecule has 4 aromatic rings. The molecule has 182 valence electrons. The molecule has 4 heterocycles. The number of rotatable bonds is 6. The Kier molecular flexibility index (Phi) is 6.30. The van der Waals surface area contributed by atoms with Gasteiger partial charge < -0.3 is 18.6 Å². The Morgan fingerprint density at radius 2 is 1.80 bits per heavy atom. The van der Waals surface area contributed by atoms with Gasteiger partial charge in [0.15, 0.2) is 0 Å². The Labute approximate surface area is 205 Å². The van der Waals surface area contributed by atoms with Crippen LogP contribution in [0.2, 0.25) is 0 Å². The maximum absolute atomic E-state index is 13.4. The second-order valence-corrected chi connectivity index (χ2v) is 9.23. The monoisotopic (exact) mass is 473 g/mol. The lowest BCUT2D eigenvalue weighted by Gasteiger charge is -2.35. The van der Waals surface area contributed by atoms with E-state index in [1.165, 1.54) is 11.3 Å². The van der Waals surface area contributed by atoms with Crippen LogP contribution in [0.5, 0.6) is 5.75 Å². The topological polar surface area (TPSA) is 76.1 Å². The van der Waals surface area contributed by atoms with Crippen molar-refractivity contribution in [2.75, 3.05) is 26.2 Å².